The number of anilines is 2. The molecule has 3 amide bonds. The summed E-state index contributed by atoms with van der Waals surface area (Å²) in [7, 11) is 2.96. The van der Waals surface area contributed by atoms with Crippen LogP contribution in [0.5, 0.6) is 0 Å². The van der Waals surface area contributed by atoms with Crippen LogP contribution < -0.4 is 15.1 Å². The lowest BCUT2D eigenvalue weighted by atomic mass is 9.95. The van der Waals surface area contributed by atoms with Crippen LogP contribution in [0.1, 0.15) is 38.1 Å². The van der Waals surface area contributed by atoms with E-state index < -0.39 is 69.9 Å². The monoisotopic (exact) mass is 999 g/mol. The van der Waals surface area contributed by atoms with Crippen molar-refractivity contribution in [3.63, 3.8) is 0 Å². The SMILES string of the molecule is CC.CC(=O)N(C)c1c(I)c(-c2cc([N+](=O)[O-])c(C(=O)NC3C(O)OC(CO)C(O)C3O)c([N+](=O)[O-])c2)c(I)c(N(C)C(C)=O)c1I. The fourth-order valence-electron chi connectivity index (χ4n) is 4.55. The molecule has 0 bridgehead atoms. The lowest BCUT2D eigenvalue weighted by Gasteiger charge is -2.40. The summed E-state index contributed by atoms with van der Waals surface area (Å²) in [6.45, 7) is 5.81. The lowest BCUT2D eigenvalue weighted by molar-refractivity contribution is -0.394. The zero-order valence-corrected chi connectivity index (χ0v) is 32.2. The number of ether oxygens (including phenoxy) is 1. The molecule has 1 saturated heterocycles. The van der Waals surface area contributed by atoms with E-state index in [1.54, 1.807) is 0 Å². The average Bonchev–Trinajstić information content (AvgIpc) is 3.00. The Kier molecular flexibility index (Phi) is 14.6. The Morgan fingerprint density at radius 2 is 1.30 bits per heavy atom. The molecule has 1 aliphatic heterocycles. The van der Waals surface area contributed by atoms with E-state index in [4.69, 9.17) is 4.74 Å². The van der Waals surface area contributed by atoms with Gasteiger partial charge in [-0.2, -0.15) is 0 Å². The third-order valence-electron chi connectivity index (χ3n) is 7.09. The summed E-state index contributed by atoms with van der Waals surface area (Å²) in [6.07, 6.45) is -7.12. The Bertz CT molecular complexity index is 1510. The second-order valence-electron chi connectivity index (χ2n) is 9.80. The smallest absolute Gasteiger partial charge is 0.289 e. The van der Waals surface area contributed by atoms with Crippen LogP contribution in [-0.2, 0) is 14.3 Å². The van der Waals surface area contributed by atoms with Gasteiger partial charge in [0.1, 0.15) is 24.4 Å². The normalized spacial score (nSPS) is 20.4. The van der Waals surface area contributed by atoms with Crippen molar-refractivity contribution < 1.29 is 49.4 Å². The molecule has 0 radical (unpaired) electrons. The number of nitrogens with one attached hydrogen (secondary N) is 1. The molecule has 1 aliphatic rings. The van der Waals surface area contributed by atoms with Gasteiger partial charge in [-0.1, -0.05) is 13.8 Å². The van der Waals surface area contributed by atoms with Gasteiger partial charge in [0.25, 0.3) is 17.3 Å². The second-order valence-corrected chi connectivity index (χ2v) is 13.0. The zero-order chi connectivity index (χ0) is 36.2. The number of carbonyl (C=O) groups is 3. The first-order chi connectivity index (χ1) is 21.9. The number of benzene rings is 2. The second kappa shape index (κ2) is 16.8. The Balaban J connectivity index is 0.00000376. The largest absolute Gasteiger partial charge is 0.394 e. The number of aliphatic hydroxyl groups excluding tert-OH is 4. The zero-order valence-electron chi connectivity index (χ0n) is 25.7. The van der Waals surface area contributed by atoms with Crippen LogP contribution in [0.3, 0.4) is 0 Å². The molecule has 3 rings (SSSR count). The molecule has 5 atom stereocenters. The van der Waals surface area contributed by atoms with E-state index in [1.165, 1.54) is 37.7 Å². The van der Waals surface area contributed by atoms with Crippen molar-refractivity contribution >= 4 is 108 Å². The minimum Gasteiger partial charge on any atom is -0.394 e. The topological polar surface area (TPSA) is 246 Å². The molecular formula is C27H32I3N5O12. The molecule has 0 aromatic heterocycles. The third kappa shape index (κ3) is 8.27. The van der Waals surface area contributed by atoms with Gasteiger partial charge in [0.2, 0.25) is 11.8 Å². The van der Waals surface area contributed by atoms with Crippen LogP contribution in [0.4, 0.5) is 22.7 Å². The van der Waals surface area contributed by atoms with Gasteiger partial charge in [0.15, 0.2) is 11.9 Å². The highest BCUT2D eigenvalue weighted by atomic mass is 127. The number of hydrogen-bond acceptors (Lipinski definition) is 12. The number of amides is 3. The summed E-state index contributed by atoms with van der Waals surface area (Å²) in [5.41, 5.74) is -2.29. The predicted octanol–water partition coefficient (Wildman–Crippen LogP) is 2.51. The molecule has 258 valence electrons. The predicted molar refractivity (Wildman–Crippen MR) is 194 cm³/mol. The molecule has 0 saturated carbocycles. The highest BCUT2D eigenvalue weighted by molar-refractivity contribution is 14.1. The van der Waals surface area contributed by atoms with Crippen molar-refractivity contribution in [1.29, 1.82) is 0 Å². The van der Waals surface area contributed by atoms with E-state index in [2.05, 4.69) is 5.32 Å². The third-order valence-corrected chi connectivity index (χ3v) is 10.2. The van der Waals surface area contributed by atoms with Crippen LogP contribution >= 0.6 is 67.8 Å². The van der Waals surface area contributed by atoms with E-state index in [-0.39, 0.29) is 22.9 Å². The van der Waals surface area contributed by atoms with Crippen molar-refractivity contribution in [3.05, 3.63) is 48.6 Å². The summed E-state index contributed by atoms with van der Waals surface area (Å²) in [4.78, 5) is 63.3. The van der Waals surface area contributed by atoms with E-state index in [1.807, 2.05) is 81.6 Å². The first-order valence-electron chi connectivity index (χ1n) is 13.6. The van der Waals surface area contributed by atoms with Crippen molar-refractivity contribution in [2.24, 2.45) is 0 Å². The highest BCUT2D eigenvalue weighted by Crippen LogP contribution is 2.47. The van der Waals surface area contributed by atoms with Gasteiger partial charge in [-0.05, 0) is 73.3 Å². The number of rotatable bonds is 8. The highest BCUT2D eigenvalue weighted by Gasteiger charge is 2.46. The number of carbonyl (C=O) groups excluding carboxylic acids is 3. The fraction of sp³-hybridized carbons (Fsp3) is 0.444. The molecule has 5 unspecified atom stereocenters. The van der Waals surface area contributed by atoms with Gasteiger partial charge >= 0.3 is 0 Å². The lowest BCUT2D eigenvalue weighted by Crippen LogP contribution is -2.64. The van der Waals surface area contributed by atoms with E-state index in [9.17, 15) is 55.0 Å². The molecule has 1 fully saturated rings. The molecular weight excluding hydrogens is 967 g/mol. The number of halogens is 3. The van der Waals surface area contributed by atoms with Crippen molar-refractivity contribution in [3.8, 4) is 11.1 Å². The van der Waals surface area contributed by atoms with E-state index in [0.29, 0.717) is 22.1 Å². The quantitative estimate of drug-likeness (QED) is 0.146. The first kappa shape index (κ1) is 40.8. The van der Waals surface area contributed by atoms with Gasteiger partial charge in [-0.3, -0.25) is 34.6 Å². The Morgan fingerprint density at radius 1 is 0.872 bits per heavy atom. The summed E-state index contributed by atoms with van der Waals surface area (Å²) in [6, 6.07) is 0.0519. The molecule has 20 heteroatoms. The Hall–Kier alpha value is -2.36. The van der Waals surface area contributed by atoms with Gasteiger partial charge in [0.05, 0.1) is 31.4 Å². The van der Waals surface area contributed by atoms with Gasteiger partial charge in [0, 0.05) is 52.8 Å². The summed E-state index contributed by atoms with van der Waals surface area (Å²) in [5.74, 6) is -2.21. The van der Waals surface area contributed by atoms with Gasteiger partial charge < -0.3 is 40.3 Å². The molecule has 0 aliphatic carbocycles. The van der Waals surface area contributed by atoms with Crippen LogP contribution in [-0.4, -0.2) is 99.3 Å². The molecule has 2 aromatic rings. The maximum atomic E-state index is 13.4. The van der Waals surface area contributed by atoms with Gasteiger partial charge in [-0.15, -0.1) is 0 Å². The number of hydrogen-bond donors (Lipinski definition) is 5. The van der Waals surface area contributed by atoms with Crippen LogP contribution in [0.2, 0.25) is 0 Å². The van der Waals surface area contributed by atoms with E-state index in [0.717, 1.165) is 12.1 Å². The Morgan fingerprint density at radius 3 is 1.66 bits per heavy atom. The molecule has 2 aromatic carbocycles. The summed E-state index contributed by atoms with van der Waals surface area (Å²) in [5, 5.41) is 66.8. The molecule has 0 spiro atoms. The van der Waals surface area contributed by atoms with E-state index >= 15 is 0 Å². The van der Waals surface area contributed by atoms with Crippen molar-refractivity contribution in [1.82, 2.24) is 5.32 Å². The summed E-state index contributed by atoms with van der Waals surface area (Å²) >= 11 is 5.74. The number of nitro benzene ring substituents is 2. The minimum absolute atomic E-state index is 0.0890. The van der Waals surface area contributed by atoms with Crippen LogP contribution in [0, 0.1) is 30.9 Å². The number of nitro groups is 2. The standard InChI is InChI=1S/C25H26I3N5O12.C2H6/c1-8(35)30(3)20-16(26)14(17(27)21(18(20)28)31(4)9(2)36)10-5-11(32(41)42)15(12(6-10)33(43)44)24(39)29-19-23(38)22(37)13(7-34)45-25(19)40;1-2/h5-6,13,19,22-23,25,34,37-38,40H,7H2,1-4H3,(H,29,39);1-2H3. The average molecular weight is 999 g/mol. The minimum atomic E-state index is -2.00. The Labute approximate surface area is 309 Å². The number of nitrogens with zero attached hydrogens (tertiary/aromatic N) is 4. The molecule has 5 N–H and O–H groups in total. The molecule has 17 nitrogen and oxygen atoms in total. The van der Waals surface area contributed by atoms with Crippen LogP contribution in [0.25, 0.3) is 11.1 Å². The van der Waals surface area contributed by atoms with Gasteiger partial charge in [-0.25, -0.2) is 0 Å². The molecule has 47 heavy (non-hydrogen) atoms. The van der Waals surface area contributed by atoms with Crippen molar-refractivity contribution in [2.75, 3.05) is 30.5 Å². The summed E-state index contributed by atoms with van der Waals surface area (Å²) < 4.78 is 6.19. The maximum Gasteiger partial charge on any atom is 0.289 e. The molecule has 1 heterocycles. The van der Waals surface area contributed by atoms with Crippen LogP contribution in [0.15, 0.2) is 12.1 Å². The number of aliphatic hydroxyl groups is 4. The first-order valence-corrected chi connectivity index (χ1v) is 16.9. The fourth-order valence-corrected chi connectivity index (χ4v) is 9.78. The maximum absolute atomic E-state index is 13.4. The van der Waals surface area contributed by atoms with Crippen molar-refractivity contribution in [2.45, 2.75) is 58.3 Å².